The van der Waals surface area contributed by atoms with Crippen molar-refractivity contribution in [3.05, 3.63) is 374 Å². The van der Waals surface area contributed by atoms with E-state index in [9.17, 15) is 91.0 Å². The van der Waals surface area contributed by atoms with Gasteiger partial charge < -0.3 is 93.1 Å². The first kappa shape index (κ1) is 115. The number of hydrogen-bond acceptors (Lipinski definition) is 24. The van der Waals surface area contributed by atoms with E-state index in [4.69, 9.17) is 39.6 Å². The van der Waals surface area contributed by atoms with Crippen molar-refractivity contribution in [1.82, 2.24) is 39.9 Å². The first-order chi connectivity index (χ1) is 61.7. The zero-order valence-electron chi connectivity index (χ0n) is 67.5. The van der Waals surface area contributed by atoms with Crippen molar-refractivity contribution >= 4 is 117 Å². The number of benzene rings is 5. The molecule has 48 heteroatoms. The number of anilines is 8. The van der Waals surface area contributed by atoms with Crippen molar-refractivity contribution in [2.75, 3.05) is 42.5 Å². The van der Waals surface area contributed by atoms with E-state index in [0.29, 0.717) is 90.0 Å². The summed E-state index contributed by atoms with van der Waals surface area (Å²) in [6.07, 6.45) is 4.63. The number of nitrogens with zero attached hydrogens (tertiary/aromatic N) is 8. The number of halogens is 12. The van der Waals surface area contributed by atoms with Crippen LogP contribution in [0.15, 0.2) is 330 Å². The fourth-order valence-corrected chi connectivity index (χ4v) is 8.71. The molecule has 8 heterocycles. The number of alkyl halides is 12. The van der Waals surface area contributed by atoms with E-state index in [1.165, 1.54) is 24.3 Å². The van der Waals surface area contributed by atoms with Gasteiger partial charge in [0.1, 0.15) is 23.9 Å². The molecule has 0 spiro atoms. The molecule has 0 unspecified atom stereocenters. The summed E-state index contributed by atoms with van der Waals surface area (Å²) in [6, 6.07) is 65.7. The zero-order valence-corrected chi connectivity index (χ0v) is 70.6. The number of carboxylic acids is 4. The van der Waals surface area contributed by atoms with Crippen LogP contribution in [0.2, 0.25) is 0 Å². The molecular weight excluding hydrogens is 1990 g/mol. The SMILES string of the molecule is O.O.O=C(Nc1cccnc1)c1cccc(C(=O)Nc2cccnc2)c1.O=C(Nc1cccnc1)c1cccc(C(=O)Nc2cccnc2)c1.O=C(Nc1cccnc1)c1cccc(C(=O)Nc2cccnc2)c1.O=C(Nc1cccnc1)c1cccc(C(=O)Nc2cccnc2)c1.O=C([O-])C(F)(F)F.O=C([O-])C(F)(F)F.O=C([O-])C(F)(F)F.O=C([O-])C(F)(F)F.[Pd+2].[Pd+2].c1ccccc1. The molecule has 13 rings (SSSR count). The maximum Gasteiger partial charge on any atom is 2.00 e. The number of aromatic nitrogens is 8. The Bertz CT molecular complexity index is 4870. The molecule has 0 bridgehead atoms. The number of nitrogens with one attached hydrogen (secondary N) is 8. The Morgan fingerprint density at radius 2 is 0.299 bits per heavy atom. The molecule has 13 aromatic rings. The van der Waals surface area contributed by atoms with Gasteiger partial charge in [0, 0.05) is 94.1 Å². The van der Waals surface area contributed by atoms with Gasteiger partial charge in [-0.05, 0) is 170 Å². The summed E-state index contributed by atoms with van der Waals surface area (Å²) in [6.45, 7) is 0. The minimum atomic E-state index is -5.19. The van der Waals surface area contributed by atoms with Gasteiger partial charge in [0.2, 0.25) is 0 Å². The molecule has 0 radical (unpaired) electrons. The number of hydrogen-bond donors (Lipinski definition) is 8. The van der Waals surface area contributed by atoms with Crippen LogP contribution in [-0.4, -0.2) is 147 Å². The van der Waals surface area contributed by atoms with Crippen LogP contribution in [0.1, 0.15) is 82.9 Å². The van der Waals surface area contributed by atoms with Crippen LogP contribution in [-0.2, 0) is 60.0 Å². The van der Waals surface area contributed by atoms with E-state index in [2.05, 4.69) is 82.4 Å². The van der Waals surface area contributed by atoms with Gasteiger partial charge in [0.15, 0.2) is 0 Å². The standard InChI is InChI=1S/4C18H14N4O2.C6H6.4C2HF3O2.2H2O.2Pd/c4*23-17(21-15-6-2-8-19-11-15)13-4-1-5-14(10-13)18(24)22-16-7-3-9-20-12-16;1-2-4-6-5-3-1;4*3-2(4,5)1(6)7;;;;/h4*1-12H,(H,21,23)(H,22,24);1-6H;4*(H,6,7);2*1H2;;/q;;;;;;;;;;;2*+2/p-4. The first-order valence-corrected chi connectivity index (χ1v) is 35.9. The van der Waals surface area contributed by atoms with Crippen LogP contribution >= 0.6 is 0 Å². The molecule has 8 aromatic heterocycles. The van der Waals surface area contributed by atoms with Gasteiger partial charge in [-0.25, -0.2) is 0 Å². The van der Waals surface area contributed by atoms with Crippen molar-refractivity contribution in [3.8, 4) is 0 Å². The molecule has 702 valence electrons. The van der Waals surface area contributed by atoms with Gasteiger partial charge in [0.25, 0.3) is 47.3 Å². The largest absolute Gasteiger partial charge is 2.00 e. The smallest absolute Gasteiger partial charge is 0.542 e. The number of carboxylic acid groups (broad SMARTS) is 4. The molecule has 134 heavy (non-hydrogen) atoms. The van der Waals surface area contributed by atoms with Gasteiger partial charge in [-0.15, -0.1) is 0 Å². The van der Waals surface area contributed by atoms with Crippen LogP contribution in [0.25, 0.3) is 0 Å². The average molecular weight is 2050 g/mol. The molecule has 0 saturated carbocycles. The van der Waals surface area contributed by atoms with Crippen molar-refractivity contribution in [1.29, 1.82) is 0 Å². The van der Waals surface area contributed by atoms with Crippen molar-refractivity contribution in [2.45, 2.75) is 24.7 Å². The molecule has 0 aliphatic carbocycles. The van der Waals surface area contributed by atoms with Crippen LogP contribution in [0.4, 0.5) is 98.2 Å². The topological polar surface area (TPSA) is 559 Å². The van der Waals surface area contributed by atoms with E-state index in [1.54, 1.807) is 269 Å². The Morgan fingerprint density at radius 1 is 0.194 bits per heavy atom. The molecule has 0 saturated heterocycles. The van der Waals surface area contributed by atoms with Gasteiger partial charge in [0.05, 0.1) is 95.1 Å². The molecule has 0 aliphatic heterocycles. The summed E-state index contributed by atoms with van der Waals surface area (Å²) in [5.41, 5.74) is 7.82. The van der Waals surface area contributed by atoms with Gasteiger partial charge >= 0.3 is 65.6 Å². The van der Waals surface area contributed by atoms with Gasteiger partial charge in [-0.1, -0.05) is 60.7 Å². The number of carbonyl (C=O) groups excluding carboxylic acids is 12. The molecule has 0 fully saturated rings. The number of rotatable bonds is 16. The predicted octanol–water partition coefficient (Wildman–Crippen LogP) is 9.15. The summed E-state index contributed by atoms with van der Waals surface area (Å²) in [5, 5.41) is 57.0. The van der Waals surface area contributed by atoms with Gasteiger partial charge in [-0.2, -0.15) is 52.7 Å². The Morgan fingerprint density at radius 3 is 0.381 bits per heavy atom. The summed E-state index contributed by atoms with van der Waals surface area (Å²) in [7, 11) is 0. The minimum absolute atomic E-state index is 0. The first-order valence-electron chi connectivity index (χ1n) is 35.9. The zero-order chi connectivity index (χ0) is 95.7. The van der Waals surface area contributed by atoms with Gasteiger partial charge in [-0.3, -0.25) is 78.2 Å². The average Bonchev–Trinajstić information content (AvgIpc) is 0.858. The second-order valence-corrected chi connectivity index (χ2v) is 24.2. The maximum absolute atomic E-state index is 12.3. The van der Waals surface area contributed by atoms with E-state index in [1.807, 2.05) is 36.4 Å². The number of carbonyl (C=O) groups is 12. The fourth-order valence-electron chi connectivity index (χ4n) is 8.71. The molecule has 0 atom stereocenters. The van der Waals surface area contributed by atoms with E-state index < -0.39 is 48.6 Å². The fraction of sp³-hybridized carbons (Fsp3) is 0.0465. The summed E-state index contributed by atoms with van der Waals surface area (Å²) in [5.74, 6) is -14.5. The molecule has 8 amide bonds. The van der Waals surface area contributed by atoms with Crippen LogP contribution in [0, 0.1) is 0 Å². The van der Waals surface area contributed by atoms with E-state index >= 15 is 0 Å². The Balaban J connectivity index is 0.000000791. The Kier molecular flexibility index (Phi) is 51.2. The monoisotopic (exact) mass is 2050 g/mol. The van der Waals surface area contributed by atoms with Crippen molar-refractivity contribution < 1.29 is 182 Å². The van der Waals surface area contributed by atoms with Crippen LogP contribution < -0.4 is 63.0 Å². The quantitative estimate of drug-likeness (QED) is 0.0330. The molecule has 5 aromatic carbocycles. The van der Waals surface area contributed by atoms with Crippen LogP contribution in [0.3, 0.4) is 0 Å². The van der Waals surface area contributed by atoms with Crippen molar-refractivity contribution in [3.63, 3.8) is 0 Å². The molecule has 34 nitrogen and oxygen atoms in total. The van der Waals surface area contributed by atoms with Crippen LogP contribution in [0.5, 0.6) is 0 Å². The third-order valence-electron chi connectivity index (χ3n) is 14.5. The Hall–Kier alpha value is -16.7. The summed E-state index contributed by atoms with van der Waals surface area (Å²) >= 11 is 0. The number of pyridine rings is 8. The molecule has 0 aliphatic rings. The van der Waals surface area contributed by atoms with E-state index in [0.717, 1.165) is 0 Å². The third kappa shape index (κ3) is 45.9. The second kappa shape index (κ2) is 59.5. The number of amides is 8. The van der Waals surface area contributed by atoms with E-state index in [-0.39, 0.29) is 99.1 Å². The summed E-state index contributed by atoms with van der Waals surface area (Å²) < 4.78 is 126. The Labute approximate surface area is 776 Å². The number of aliphatic carboxylic acids is 4. The third-order valence-corrected chi connectivity index (χ3v) is 14.5. The summed E-state index contributed by atoms with van der Waals surface area (Å²) in [4.78, 5) is 165. The predicted molar refractivity (Wildman–Crippen MR) is 441 cm³/mol. The molecular formula is C86H66F12N16O18Pd2. The van der Waals surface area contributed by atoms with Crippen molar-refractivity contribution in [2.24, 2.45) is 0 Å². The maximum atomic E-state index is 12.3. The second-order valence-electron chi connectivity index (χ2n) is 24.2. The normalized spacial score (nSPS) is 9.88. The minimum Gasteiger partial charge on any atom is -0.542 e. The molecule has 12 N–H and O–H groups in total.